The standard InChI is InChI=1S/C13H14N6/c1-9-10(8-19(2)18-9)7-14-17-13-15-11-5-3-4-6-12(11)16-13/h3-8H,1-2H3,(H2,15,16,17)/b14-7-. The van der Waals surface area contributed by atoms with E-state index in [1.54, 1.807) is 10.9 Å². The Balaban J connectivity index is 1.77. The first kappa shape index (κ1) is 11.5. The molecule has 0 aliphatic heterocycles. The highest BCUT2D eigenvalue weighted by Gasteiger charge is 2.01. The first-order valence-electron chi connectivity index (χ1n) is 5.96. The minimum atomic E-state index is 0.624. The van der Waals surface area contributed by atoms with Crippen molar-refractivity contribution in [3.63, 3.8) is 0 Å². The van der Waals surface area contributed by atoms with Crippen molar-refractivity contribution in [1.82, 2.24) is 19.7 Å². The molecule has 0 saturated heterocycles. The minimum Gasteiger partial charge on any atom is -0.323 e. The average Bonchev–Trinajstić information content (AvgIpc) is 2.92. The zero-order valence-corrected chi connectivity index (χ0v) is 10.8. The lowest BCUT2D eigenvalue weighted by Crippen LogP contribution is -1.92. The van der Waals surface area contributed by atoms with Crippen molar-refractivity contribution in [2.75, 3.05) is 5.43 Å². The molecule has 6 nitrogen and oxygen atoms in total. The molecular weight excluding hydrogens is 240 g/mol. The molecule has 3 aromatic rings. The summed E-state index contributed by atoms with van der Waals surface area (Å²) in [6.07, 6.45) is 3.65. The largest absolute Gasteiger partial charge is 0.323 e. The summed E-state index contributed by atoms with van der Waals surface area (Å²) in [7, 11) is 1.89. The lowest BCUT2D eigenvalue weighted by Gasteiger charge is -1.92. The van der Waals surface area contributed by atoms with Crippen molar-refractivity contribution in [3.8, 4) is 0 Å². The van der Waals surface area contributed by atoms with Gasteiger partial charge in [-0.3, -0.25) is 4.68 Å². The summed E-state index contributed by atoms with van der Waals surface area (Å²) in [4.78, 5) is 7.52. The maximum absolute atomic E-state index is 4.37. The Morgan fingerprint density at radius 3 is 2.95 bits per heavy atom. The van der Waals surface area contributed by atoms with E-state index in [1.807, 2.05) is 44.4 Å². The molecule has 3 rings (SSSR count). The molecule has 0 bridgehead atoms. The van der Waals surface area contributed by atoms with Crippen LogP contribution in [0.3, 0.4) is 0 Å². The second-order valence-corrected chi connectivity index (χ2v) is 4.32. The van der Waals surface area contributed by atoms with Gasteiger partial charge in [-0.05, 0) is 19.1 Å². The third-order valence-corrected chi connectivity index (χ3v) is 2.81. The molecule has 0 aliphatic carbocycles. The summed E-state index contributed by atoms with van der Waals surface area (Å²) in [6.45, 7) is 1.95. The summed E-state index contributed by atoms with van der Waals surface area (Å²) in [5, 5.41) is 8.40. The molecular formula is C13H14N6. The molecule has 0 saturated carbocycles. The van der Waals surface area contributed by atoms with Gasteiger partial charge < -0.3 is 4.98 Å². The number of H-pyrrole nitrogens is 1. The Labute approximate surface area is 110 Å². The summed E-state index contributed by atoms with van der Waals surface area (Å²) >= 11 is 0. The number of aromatic nitrogens is 4. The molecule has 19 heavy (non-hydrogen) atoms. The zero-order chi connectivity index (χ0) is 13.2. The number of hydrogen-bond acceptors (Lipinski definition) is 4. The predicted molar refractivity (Wildman–Crippen MR) is 75.3 cm³/mol. The van der Waals surface area contributed by atoms with E-state index in [0.717, 1.165) is 22.3 Å². The van der Waals surface area contributed by atoms with Crippen LogP contribution in [0, 0.1) is 6.92 Å². The molecule has 2 aromatic heterocycles. The Morgan fingerprint density at radius 2 is 2.21 bits per heavy atom. The number of fused-ring (bicyclic) bond motifs is 1. The van der Waals surface area contributed by atoms with Crippen molar-refractivity contribution in [1.29, 1.82) is 0 Å². The lowest BCUT2D eigenvalue weighted by molar-refractivity contribution is 0.756. The van der Waals surface area contributed by atoms with E-state index >= 15 is 0 Å². The fourth-order valence-corrected chi connectivity index (χ4v) is 1.91. The maximum Gasteiger partial charge on any atom is 0.222 e. The number of para-hydroxylation sites is 2. The van der Waals surface area contributed by atoms with Gasteiger partial charge in [0, 0.05) is 18.8 Å². The van der Waals surface area contributed by atoms with E-state index < -0.39 is 0 Å². The smallest absolute Gasteiger partial charge is 0.222 e. The first-order valence-corrected chi connectivity index (χ1v) is 5.96. The monoisotopic (exact) mass is 254 g/mol. The van der Waals surface area contributed by atoms with Crippen molar-refractivity contribution in [3.05, 3.63) is 41.7 Å². The highest BCUT2D eigenvalue weighted by Crippen LogP contribution is 2.13. The summed E-state index contributed by atoms with van der Waals surface area (Å²) < 4.78 is 1.76. The van der Waals surface area contributed by atoms with Gasteiger partial charge in [0.1, 0.15) is 0 Å². The quantitative estimate of drug-likeness (QED) is 0.555. The first-order chi connectivity index (χ1) is 9.22. The van der Waals surface area contributed by atoms with Crippen LogP contribution in [0.15, 0.2) is 35.6 Å². The van der Waals surface area contributed by atoms with Gasteiger partial charge in [-0.15, -0.1) is 0 Å². The van der Waals surface area contributed by atoms with E-state index in [4.69, 9.17) is 0 Å². The molecule has 0 aliphatic rings. The van der Waals surface area contributed by atoms with Crippen LogP contribution in [-0.4, -0.2) is 26.0 Å². The number of rotatable bonds is 3. The van der Waals surface area contributed by atoms with Gasteiger partial charge >= 0.3 is 0 Å². The molecule has 2 N–H and O–H groups in total. The van der Waals surface area contributed by atoms with Crippen LogP contribution in [0.1, 0.15) is 11.3 Å². The van der Waals surface area contributed by atoms with Crippen molar-refractivity contribution < 1.29 is 0 Å². The highest BCUT2D eigenvalue weighted by atomic mass is 15.4. The molecule has 6 heteroatoms. The van der Waals surface area contributed by atoms with Crippen LogP contribution in [-0.2, 0) is 7.05 Å². The number of hydrogen-bond donors (Lipinski definition) is 2. The Hall–Kier alpha value is -2.63. The summed E-state index contributed by atoms with van der Waals surface area (Å²) in [6, 6.07) is 7.84. The molecule has 0 amide bonds. The van der Waals surface area contributed by atoms with Crippen LogP contribution < -0.4 is 5.43 Å². The highest BCUT2D eigenvalue weighted by molar-refractivity contribution is 5.81. The second kappa shape index (κ2) is 4.56. The van der Waals surface area contributed by atoms with E-state index in [9.17, 15) is 0 Å². The molecule has 1 aromatic carbocycles. The molecule has 0 spiro atoms. The molecule has 2 heterocycles. The molecule has 0 atom stereocenters. The van der Waals surface area contributed by atoms with Gasteiger partial charge in [0.2, 0.25) is 5.95 Å². The van der Waals surface area contributed by atoms with Crippen LogP contribution in [0.25, 0.3) is 11.0 Å². The van der Waals surface area contributed by atoms with Gasteiger partial charge in [-0.1, -0.05) is 12.1 Å². The van der Waals surface area contributed by atoms with Crippen LogP contribution in [0.4, 0.5) is 5.95 Å². The Kier molecular flexibility index (Phi) is 2.75. The molecule has 0 fully saturated rings. The third-order valence-electron chi connectivity index (χ3n) is 2.81. The van der Waals surface area contributed by atoms with Gasteiger partial charge in [-0.2, -0.15) is 10.2 Å². The van der Waals surface area contributed by atoms with Gasteiger partial charge in [0.25, 0.3) is 0 Å². The van der Waals surface area contributed by atoms with Crippen LogP contribution in [0.5, 0.6) is 0 Å². The van der Waals surface area contributed by atoms with E-state index in [-0.39, 0.29) is 0 Å². The topological polar surface area (TPSA) is 70.9 Å². The Bertz CT molecular complexity index is 704. The molecule has 96 valence electrons. The van der Waals surface area contributed by atoms with Crippen molar-refractivity contribution in [2.24, 2.45) is 12.1 Å². The average molecular weight is 254 g/mol. The van der Waals surface area contributed by atoms with E-state index in [1.165, 1.54) is 0 Å². The number of anilines is 1. The number of benzene rings is 1. The van der Waals surface area contributed by atoms with Crippen molar-refractivity contribution >= 4 is 23.2 Å². The molecule has 0 unspecified atom stereocenters. The second-order valence-electron chi connectivity index (χ2n) is 4.32. The van der Waals surface area contributed by atoms with E-state index in [2.05, 4.69) is 25.6 Å². The fourth-order valence-electron chi connectivity index (χ4n) is 1.91. The van der Waals surface area contributed by atoms with Gasteiger partial charge in [0.05, 0.1) is 22.9 Å². The number of hydrazone groups is 1. The van der Waals surface area contributed by atoms with Crippen LogP contribution >= 0.6 is 0 Å². The fraction of sp³-hybridized carbons (Fsp3) is 0.154. The number of imidazole rings is 1. The number of aryl methyl sites for hydroxylation is 2. The zero-order valence-electron chi connectivity index (χ0n) is 10.8. The minimum absolute atomic E-state index is 0.624. The lowest BCUT2D eigenvalue weighted by atomic mass is 10.3. The third kappa shape index (κ3) is 2.33. The van der Waals surface area contributed by atoms with Crippen molar-refractivity contribution in [2.45, 2.75) is 6.92 Å². The van der Waals surface area contributed by atoms with Gasteiger partial charge in [0.15, 0.2) is 0 Å². The number of aromatic amines is 1. The normalized spacial score (nSPS) is 11.5. The Morgan fingerprint density at radius 1 is 1.37 bits per heavy atom. The number of nitrogens with zero attached hydrogens (tertiary/aromatic N) is 4. The van der Waals surface area contributed by atoms with Crippen LogP contribution in [0.2, 0.25) is 0 Å². The summed E-state index contributed by atoms with van der Waals surface area (Å²) in [5.74, 6) is 0.624. The van der Waals surface area contributed by atoms with E-state index in [0.29, 0.717) is 5.95 Å². The summed E-state index contributed by atoms with van der Waals surface area (Å²) in [5.41, 5.74) is 6.70. The SMILES string of the molecule is Cc1nn(C)cc1/C=N\Nc1nc2ccccc2[nH]1. The predicted octanol–water partition coefficient (Wildman–Crippen LogP) is 2.05. The maximum atomic E-state index is 4.37. The van der Waals surface area contributed by atoms with Gasteiger partial charge in [-0.25, -0.2) is 10.4 Å². The molecule has 0 radical (unpaired) electrons. The number of nitrogens with one attached hydrogen (secondary N) is 2.